The third-order valence-electron chi connectivity index (χ3n) is 3.64. The summed E-state index contributed by atoms with van der Waals surface area (Å²) in [4.78, 5) is 29.7. The maximum atomic E-state index is 12.7. The van der Waals surface area contributed by atoms with Crippen LogP contribution in [0.15, 0.2) is 41.4 Å². The summed E-state index contributed by atoms with van der Waals surface area (Å²) >= 11 is 0. The predicted molar refractivity (Wildman–Crippen MR) is 98.9 cm³/mol. The highest BCUT2D eigenvalue weighted by Gasteiger charge is 2.21. The minimum absolute atomic E-state index is 0.0204. The van der Waals surface area contributed by atoms with Crippen molar-refractivity contribution in [2.24, 2.45) is 5.14 Å². The lowest BCUT2D eigenvalue weighted by atomic mass is 10.1. The summed E-state index contributed by atoms with van der Waals surface area (Å²) in [6.07, 6.45) is 1.56. The Labute approximate surface area is 157 Å². The summed E-state index contributed by atoms with van der Waals surface area (Å²) in [5, 5.41) is 7.70. The van der Waals surface area contributed by atoms with Gasteiger partial charge in [-0.25, -0.2) is 18.5 Å². The molecule has 0 spiro atoms. The first-order valence-corrected chi connectivity index (χ1v) is 9.35. The number of benzene rings is 1. The molecule has 0 saturated carbocycles. The van der Waals surface area contributed by atoms with Crippen molar-refractivity contribution in [2.75, 3.05) is 26.0 Å². The van der Waals surface area contributed by atoms with Crippen LogP contribution in [0, 0.1) is 6.92 Å². The molecule has 0 radical (unpaired) electrons. The zero-order chi connectivity index (χ0) is 20.2. The van der Waals surface area contributed by atoms with E-state index in [2.05, 4.69) is 10.3 Å². The molecule has 0 fully saturated rings. The number of aryl methyl sites for hydroxylation is 1. The molecule has 0 unspecified atom stereocenters. The third-order valence-corrected chi connectivity index (χ3v) is 4.55. The molecular weight excluding hydrogens is 372 g/mol. The van der Waals surface area contributed by atoms with E-state index in [4.69, 9.17) is 9.88 Å². The number of nitrogens with two attached hydrogens (primary N) is 1. The fourth-order valence-corrected chi connectivity index (χ4v) is 2.85. The van der Waals surface area contributed by atoms with Crippen LogP contribution < -0.4 is 15.2 Å². The molecule has 3 N–H and O–H groups in total. The first kappa shape index (κ1) is 20.3. The molecule has 0 saturated heterocycles. The zero-order valence-electron chi connectivity index (χ0n) is 15.1. The van der Waals surface area contributed by atoms with Crippen molar-refractivity contribution in [3.63, 3.8) is 0 Å². The van der Waals surface area contributed by atoms with Crippen LogP contribution in [0.3, 0.4) is 0 Å². The molecule has 2 rings (SSSR count). The number of carbonyl (C=O) groups is 2. The highest BCUT2D eigenvalue weighted by Crippen LogP contribution is 2.23. The molecule has 1 heterocycles. The van der Waals surface area contributed by atoms with Crippen LogP contribution >= 0.6 is 0 Å². The van der Waals surface area contributed by atoms with E-state index in [-0.39, 0.29) is 22.8 Å². The Morgan fingerprint density at radius 3 is 2.56 bits per heavy atom. The molecule has 1 aromatic heterocycles. The molecule has 144 valence electrons. The number of nitrogens with one attached hydrogen (secondary N) is 1. The lowest BCUT2D eigenvalue weighted by Gasteiger charge is -2.18. The van der Waals surface area contributed by atoms with Crippen molar-refractivity contribution in [2.45, 2.75) is 11.8 Å². The van der Waals surface area contributed by atoms with E-state index in [1.807, 2.05) is 6.92 Å². The van der Waals surface area contributed by atoms with Crippen LogP contribution in [0.5, 0.6) is 5.75 Å². The lowest BCUT2D eigenvalue weighted by molar-refractivity contribution is -0.116. The summed E-state index contributed by atoms with van der Waals surface area (Å²) in [5.41, 5.74) is 0.905. The van der Waals surface area contributed by atoms with Gasteiger partial charge in [-0.3, -0.25) is 9.59 Å². The summed E-state index contributed by atoms with van der Waals surface area (Å²) in [6.45, 7) is 1.59. The minimum atomic E-state index is -3.99. The van der Waals surface area contributed by atoms with Gasteiger partial charge in [0.1, 0.15) is 11.6 Å². The normalized spacial score (nSPS) is 11.0. The fourth-order valence-electron chi connectivity index (χ4n) is 2.31. The van der Waals surface area contributed by atoms with Gasteiger partial charge in [0.25, 0.3) is 5.91 Å². The number of rotatable bonds is 6. The van der Waals surface area contributed by atoms with Gasteiger partial charge in [-0.2, -0.15) is 0 Å². The quantitative estimate of drug-likeness (QED) is 0.746. The first-order valence-electron chi connectivity index (χ1n) is 7.80. The topological polar surface area (TPSA) is 132 Å². The van der Waals surface area contributed by atoms with E-state index in [9.17, 15) is 18.0 Å². The number of likely N-dealkylation sites (N-methyl/N-ethyl adjacent to an activating group) is 1. The van der Waals surface area contributed by atoms with Crippen LogP contribution in [0.4, 0.5) is 5.82 Å². The van der Waals surface area contributed by atoms with Crippen molar-refractivity contribution in [1.82, 2.24) is 9.88 Å². The van der Waals surface area contributed by atoms with Gasteiger partial charge in [0.2, 0.25) is 15.9 Å². The average Bonchev–Trinajstić information content (AvgIpc) is 2.59. The number of hydrogen-bond acceptors (Lipinski definition) is 6. The number of ether oxygens (including phenoxy) is 1. The van der Waals surface area contributed by atoms with E-state index in [0.29, 0.717) is 5.82 Å². The second-order valence-corrected chi connectivity index (χ2v) is 7.40. The number of anilines is 1. The Balaban J connectivity index is 2.17. The Morgan fingerprint density at radius 2 is 1.96 bits per heavy atom. The van der Waals surface area contributed by atoms with Crippen molar-refractivity contribution in [1.29, 1.82) is 0 Å². The van der Waals surface area contributed by atoms with E-state index < -0.39 is 21.8 Å². The van der Waals surface area contributed by atoms with Crippen molar-refractivity contribution in [3.05, 3.63) is 47.7 Å². The van der Waals surface area contributed by atoms with Crippen molar-refractivity contribution < 1.29 is 22.7 Å². The maximum Gasteiger partial charge on any atom is 0.257 e. The number of carbonyl (C=O) groups excluding carboxylic acids is 2. The average molecular weight is 392 g/mol. The maximum absolute atomic E-state index is 12.7. The number of amides is 2. The lowest BCUT2D eigenvalue weighted by Crippen LogP contribution is -2.35. The van der Waals surface area contributed by atoms with Gasteiger partial charge < -0.3 is 15.0 Å². The predicted octanol–water partition coefficient (Wildman–Crippen LogP) is 0.757. The monoisotopic (exact) mass is 392 g/mol. The molecule has 2 amide bonds. The Hall–Kier alpha value is -2.98. The molecule has 0 atom stereocenters. The van der Waals surface area contributed by atoms with E-state index in [1.54, 1.807) is 18.3 Å². The van der Waals surface area contributed by atoms with Gasteiger partial charge in [0.05, 0.1) is 24.1 Å². The van der Waals surface area contributed by atoms with Gasteiger partial charge in [-0.05, 0) is 42.8 Å². The number of hydrogen-bond donors (Lipinski definition) is 2. The van der Waals surface area contributed by atoms with E-state index >= 15 is 0 Å². The smallest absolute Gasteiger partial charge is 0.257 e. The van der Waals surface area contributed by atoms with Crippen LogP contribution in [-0.4, -0.2) is 50.8 Å². The second kappa shape index (κ2) is 8.14. The highest BCUT2D eigenvalue weighted by atomic mass is 32.2. The Kier molecular flexibility index (Phi) is 6.13. The molecular formula is C17H20N4O5S. The zero-order valence-corrected chi connectivity index (χ0v) is 15.9. The standard InChI is InChI=1S/C17H20N4O5S/c1-11-6-7-19-15(8-11)20-16(22)10-21(2)17(23)13-9-12(27(18,24)25)4-5-14(13)26-3/h4-9H,10H2,1-3H3,(H2,18,24,25)(H,19,20,22). The molecule has 9 nitrogen and oxygen atoms in total. The minimum Gasteiger partial charge on any atom is -0.496 e. The van der Waals surface area contributed by atoms with E-state index in [1.165, 1.54) is 26.3 Å². The van der Waals surface area contributed by atoms with Gasteiger partial charge in [0.15, 0.2) is 0 Å². The van der Waals surface area contributed by atoms with Crippen LogP contribution in [0.2, 0.25) is 0 Å². The van der Waals surface area contributed by atoms with Gasteiger partial charge >= 0.3 is 0 Å². The van der Waals surface area contributed by atoms with Crippen molar-refractivity contribution >= 4 is 27.7 Å². The van der Waals surface area contributed by atoms with Gasteiger partial charge in [0, 0.05) is 13.2 Å². The van der Waals surface area contributed by atoms with Gasteiger partial charge in [-0.15, -0.1) is 0 Å². The molecule has 10 heteroatoms. The molecule has 0 bridgehead atoms. The number of primary sulfonamides is 1. The second-order valence-electron chi connectivity index (χ2n) is 5.83. The Bertz CT molecular complexity index is 975. The van der Waals surface area contributed by atoms with Crippen LogP contribution in [0.25, 0.3) is 0 Å². The highest BCUT2D eigenvalue weighted by molar-refractivity contribution is 7.89. The summed E-state index contributed by atoms with van der Waals surface area (Å²) < 4.78 is 28.2. The molecule has 0 aliphatic carbocycles. The summed E-state index contributed by atoms with van der Waals surface area (Å²) in [6, 6.07) is 7.17. The number of nitrogens with zero attached hydrogens (tertiary/aromatic N) is 2. The van der Waals surface area contributed by atoms with Gasteiger partial charge in [-0.1, -0.05) is 0 Å². The number of aromatic nitrogens is 1. The van der Waals surface area contributed by atoms with E-state index in [0.717, 1.165) is 16.5 Å². The van der Waals surface area contributed by atoms with Crippen LogP contribution in [0.1, 0.15) is 15.9 Å². The number of pyridine rings is 1. The summed E-state index contributed by atoms with van der Waals surface area (Å²) in [5.74, 6) is -0.509. The summed E-state index contributed by atoms with van der Waals surface area (Å²) in [7, 11) is -1.23. The van der Waals surface area contributed by atoms with Crippen molar-refractivity contribution in [3.8, 4) is 5.75 Å². The van der Waals surface area contributed by atoms with Crippen LogP contribution in [-0.2, 0) is 14.8 Å². The largest absolute Gasteiger partial charge is 0.496 e. The SMILES string of the molecule is COc1ccc(S(N)(=O)=O)cc1C(=O)N(C)CC(=O)Nc1cc(C)ccn1. The molecule has 27 heavy (non-hydrogen) atoms. The number of sulfonamides is 1. The Morgan fingerprint density at radius 1 is 1.26 bits per heavy atom. The first-order chi connectivity index (χ1) is 12.6. The molecule has 0 aliphatic heterocycles. The third kappa shape index (κ3) is 5.25. The molecule has 0 aliphatic rings. The molecule has 1 aromatic carbocycles. The molecule has 2 aromatic rings. The number of methoxy groups -OCH3 is 1. The fraction of sp³-hybridized carbons (Fsp3) is 0.235.